The predicted molar refractivity (Wildman–Crippen MR) is 101 cm³/mol. The van der Waals surface area contributed by atoms with Crippen molar-refractivity contribution in [2.45, 2.75) is 32.5 Å². The Balaban J connectivity index is 1.70. The van der Waals surface area contributed by atoms with Crippen molar-refractivity contribution in [3.63, 3.8) is 0 Å². The molecule has 0 aliphatic carbocycles. The van der Waals surface area contributed by atoms with Crippen LogP contribution in [-0.2, 0) is 4.79 Å². The van der Waals surface area contributed by atoms with Crippen LogP contribution in [0.3, 0.4) is 0 Å². The minimum Gasteiger partial charge on any atom is -0.396 e. The maximum absolute atomic E-state index is 13.0. The molecule has 4 rings (SSSR count). The van der Waals surface area contributed by atoms with E-state index in [4.69, 9.17) is 10.1 Å². The van der Waals surface area contributed by atoms with Gasteiger partial charge in [-0.3, -0.25) is 14.6 Å². The zero-order chi connectivity index (χ0) is 19.3. The number of aliphatic hydroxyl groups is 1. The zero-order valence-electron chi connectivity index (χ0n) is 15.7. The molecule has 3 amide bonds. The van der Waals surface area contributed by atoms with Crippen LogP contribution in [0.15, 0.2) is 41.2 Å². The molecule has 1 aromatic carbocycles. The lowest BCUT2D eigenvalue weighted by atomic mass is 10.1. The molecule has 8 nitrogen and oxygen atoms in total. The number of aliphatic hydroxyl groups excluding tert-OH is 1. The highest BCUT2D eigenvalue weighted by Crippen LogP contribution is 2.36. The first-order chi connectivity index (χ1) is 12.9. The van der Waals surface area contributed by atoms with Crippen LogP contribution < -0.4 is 4.90 Å². The smallest absolute Gasteiger partial charge is 0.328 e. The molecule has 27 heavy (non-hydrogen) atoms. The minimum absolute atomic E-state index is 0.0690. The number of carbonyl (C=O) groups is 2. The van der Waals surface area contributed by atoms with E-state index in [1.54, 1.807) is 7.05 Å². The second-order valence-electron chi connectivity index (χ2n) is 7.10. The molecule has 0 aromatic heterocycles. The molecule has 3 heterocycles. The van der Waals surface area contributed by atoms with Crippen molar-refractivity contribution in [3.8, 4) is 0 Å². The van der Waals surface area contributed by atoms with Gasteiger partial charge in [-0.05, 0) is 38.0 Å². The number of nitrogens with zero attached hydrogens (tertiary/aromatic N) is 5. The van der Waals surface area contributed by atoms with Gasteiger partial charge in [-0.2, -0.15) is 0 Å². The van der Waals surface area contributed by atoms with Gasteiger partial charge in [0.25, 0.3) is 5.91 Å². The van der Waals surface area contributed by atoms with E-state index in [2.05, 4.69) is 6.07 Å². The molecule has 1 fully saturated rings. The van der Waals surface area contributed by atoms with Crippen LogP contribution in [0.4, 0.5) is 10.5 Å². The Labute approximate surface area is 158 Å². The van der Waals surface area contributed by atoms with Crippen LogP contribution in [0.1, 0.15) is 18.9 Å². The molecule has 2 atom stereocenters. The highest BCUT2D eigenvalue weighted by atomic mass is 16.3. The molecule has 1 aromatic rings. The van der Waals surface area contributed by atoms with E-state index in [1.807, 2.05) is 48.0 Å². The first-order valence-electron chi connectivity index (χ1n) is 9.04. The first kappa shape index (κ1) is 17.5. The van der Waals surface area contributed by atoms with Gasteiger partial charge < -0.3 is 14.9 Å². The quantitative estimate of drug-likeness (QED) is 0.866. The maximum atomic E-state index is 13.0. The fourth-order valence-corrected chi connectivity index (χ4v) is 3.87. The summed E-state index contributed by atoms with van der Waals surface area (Å²) in [6.07, 6.45) is 1.72. The van der Waals surface area contributed by atoms with E-state index in [-0.39, 0.29) is 25.1 Å². The summed E-state index contributed by atoms with van der Waals surface area (Å²) >= 11 is 0. The van der Waals surface area contributed by atoms with E-state index >= 15 is 0 Å². The van der Waals surface area contributed by atoms with E-state index < -0.39 is 12.2 Å². The van der Waals surface area contributed by atoms with Crippen LogP contribution >= 0.6 is 0 Å². The SMILES string of the molecule is CC1=CN2C(=NC3C2C(=O)N(CCCO)C(=O)N3C)N1c1cccc(C)c1. The van der Waals surface area contributed by atoms with Gasteiger partial charge in [0.1, 0.15) is 0 Å². The average Bonchev–Trinajstić information content (AvgIpc) is 3.14. The summed E-state index contributed by atoms with van der Waals surface area (Å²) in [5.41, 5.74) is 3.07. The van der Waals surface area contributed by atoms with Crippen molar-refractivity contribution < 1.29 is 14.7 Å². The van der Waals surface area contributed by atoms with Crippen molar-refractivity contribution in [2.75, 3.05) is 25.1 Å². The Morgan fingerprint density at radius 1 is 1.22 bits per heavy atom. The summed E-state index contributed by atoms with van der Waals surface area (Å²) in [4.78, 5) is 37.0. The normalized spacial score (nSPS) is 24.3. The predicted octanol–water partition coefficient (Wildman–Crippen LogP) is 1.32. The number of allylic oxidation sites excluding steroid dienone is 1. The van der Waals surface area contributed by atoms with Gasteiger partial charge in [0.05, 0.1) is 0 Å². The van der Waals surface area contributed by atoms with Crippen LogP contribution in [0, 0.1) is 6.92 Å². The van der Waals surface area contributed by atoms with Gasteiger partial charge >= 0.3 is 6.03 Å². The van der Waals surface area contributed by atoms with E-state index in [9.17, 15) is 9.59 Å². The molecule has 0 radical (unpaired) electrons. The molecular weight excluding hydrogens is 346 g/mol. The van der Waals surface area contributed by atoms with Crippen molar-refractivity contribution in [2.24, 2.45) is 4.99 Å². The van der Waals surface area contributed by atoms with Gasteiger partial charge in [-0.15, -0.1) is 0 Å². The number of fused-ring (bicyclic) bond motifs is 3. The third kappa shape index (κ3) is 2.59. The van der Waals surface area contributed by atoms with E-state index in [0.717, 1.165) is 16.9 Å². The van der Waals surface area contributed by atoms with Crippen LogP contribution in [-0.4, -0.2) is 70.1 Å². The number of imide groups is 1. The Kier molecular flexibility index (Phi) is 4.15. The fourth-order valence-electron chi connectivity index (χ4n) is 3.87. The van der Waals surface area contributed by atoms with Crippen LogP contribution in [0.2, 0.25) is 0 Å². The largest absolute Gasteiger partial charge is 0.396 e. The average molecular weight is 369 g/mol. The maximum Gasteiger partial charge on any atom is 0.328 e. The summed E-state index contributed by atoms with van der Waals surface area (Å²) in [6, 6.07) is 7.13. The molecule has 3 aliphatic heterocycles. The Hall–Kier alpha value is -2.87. The van der Waals surface area contributed by atoms with Crippen LogP contribution in [0.25, 0.3) is 0 Å². The lowest BCUT2D eigenvalue weighted by molar-refractivity contribution is -0.136. The number of rotatable bonds is 4. The number of hydrogen-bond acceptors (Lipinski definition) is 6. The molecule has 1 saturated heterocycles. The highest BCUT2D eigenvalue weighted by molar-refractivity contribution is 6.09. The molecule has 2 unspecified atom stereocenters. The van der Waals surface area contributed by atoms with Crippen molar-refractivity contribution in [1.82, 2.24) is 14.7 Å². The lowest BCUT2D eigenvalue weighted by Crippen LogP contribution is -2.64. The highest BCUT2D eigenvalue weighted by Gasteiger charge is 2.54. The Morgan fingerprint density at radius 2 is 2.00 bits per heavy atom. The van der Waals surface area contributed by atoms with Gasteiger partial charge in [-0.25, -0.2) is 9.79 Å². The van der Waals surface area contributed by atoms with Crippen molar-refractivity contribution >= 4 is 23.6 Å². The number of amides is 3. The number of benzene rings is 1. The third-order valence-corrected chi connectivity index (χ3v) is 5.19. The topological polar surface area (TPSA) is 79.7 Å². The standard InChI is InChI=1S/C19H23N5O3/c1-12-6-4-7-14(10-12)24-13(2)11-23-15-16(20-18(23)24)21(3)19(27)22(17(15)26)8-5-9-25/h4,6-7,10-11,15-16,25H,5,8-9H2,1-3H3. The molecule has 1 N–H and O–H groups in total. The summed E-state index contributed by atoms with van der Waals surface area (Å²) in [5.74, 6) is 0.385. The zero-order valence-corrected chi connectivity index (χ0v) is 15.7. The summed E-state index contributed by atoms with van der Waals surface area (Å²) in [5, 5.41) is 9.08. The summed E-state index contributed by atoms with van der Waals surface area (Å²) in [6.45, 7) is 4.14. The number of hydrogen-bond donors (Lipinski definition) is 1. The summed E-state index contributed by atoms with van der Waals surface area (Å²) in [7, 11) is 1.66. The molecule has 0 bridgehead atoms. The Morgan fingerprint density at radius 3 is 2.70 bits per heavy atom. The number of aryl methyl sites for hydroxylation is 1. The van der Waals surface area contributed by atoms with Gasteiger partial charge in [-0.1, -0.05) is 12.1 Å². The molecule has 8 heteroatoms. The number of anilines is 1. The van der Waals surface area contributed by atoms with Gasteiger partial charge in [0, 0.05) is 37.8 Å². The Bertz CT molecular complexity index is 865. The number of likely N-dealkylation sites (N-methyl/N-ethyl adjacent to an activating group) is 1. The second-order valence-corrected chi connectivity index (χ2v) is 7.10. The van der Waals surface area contributed by atoms with Crippen molar-refractivity contribution in [3.05, 3.63) is 41.7 Å². The molecule has 142 valence electrons. The number of urea groups is 1. The second kappa shape index (κ2) is 6.38. The molecular formula is C19H23N5O3. The number of guanidine groups is 1. The minimum atomic E-state index is -0.578. The third-order valence-electron chi connectivity index (χ3n) is 5.19. The van der Waals surface area contributed by atoms with Crippen LogP contribution in [0.5, 0.6) is 0 Å². The first-order valence-corrected chi connectivity index (χ1v) is 9.04. The van der Waals surface area contributed by atoms with E-state index in [1.165, 1.54) is 9.80 Å². The fraction of sp³-hybridized carbons (Fsp3) is 0.421. The van der Waals surface area contributed by atoms with E-state index in [0.29, 0.717) is 12.4 Å². The van der Waals surface area contributed by atoms with Gasteiger partial charge in [0.15, 0.2) is 12.2 Å². The number of aliphatic imine (C=N–C) groups is 1. The summed E-state index contributed by atoms with van der Waals surface area (Å²) < 4.78 is 0. The molecule has 3 aliphatic rings. The lowest BCUT2D eigenvalue weighted by Gasteiger charge is -2.40. The number of carbonyl (C=O) groups excluding carboxylic acids is 2. The molecule has 0 spiro atoms. The van der Waals surface area contributed by atoms with Gasteiger partial charge in [0.2, 0.25) is 5.96 Å². The monoisotopic (exact) mass is 369 g/mol. The van der Waals surface area contributed by atoms with Crippen molar-refractivity contribution in [1.29, 1.82) is 0 Å². The molecule has 0 saturated carbocycles.